The smallest absolute Gasteiger partial charge is 0.323 e. The van der Waals surface area contributed by atoms with Crippen LogP contribution in [0.2, 0.25) is 0 Å². The Morgan fingerprint density at radius 3 is 2.56 bits per heavy atom. The second-order valence-electron chi connectivity index (χ2n) is 5.51. The average Bonchev–Trinajstić information content (AvgIpc) is 2.89. The first-order valence-electron chi connectivity index (χ1n) is 6.08. The molecule has 0 aliphatic carbocycles. The number of hydrogen-bond donors (Lipinski definition) is 1. The summed E-state index contributed by atoms with van der Waals surface area (Å²) in [6, 6.07) is 0. The van der Waals surface area contributed by atoms with Crippen LogP contribution in [-0.2, 0) is 14.3 Å². The molecule has 2 bridgehead atoms. The van der Waals surface area contributed by atoms with Gasteiger partial charge in [0.05, 0.1) is 0 Å². The molecule has 2 aliphatic rings. The van der Waals surface area contributed by atoms with Crippen molar-refractivity contribution in [3.63, 3.8) is 0 Å². The number of ether oxygens (including phenoxy) is 1. The highest BCUT2D eigenvalue weighted by Crippen LogP contribution is 2.54. The van der Waals surface area contributed by atoms with E-state index in [-0.39, 0.29) is 5.25 Å². The molecule has 5 heteroatoms. The van der Waals surface area contributed by atoms with Gasteiger partial charge in [-0.15, -0.1) is 0 Å². The molecule has 2 saturated heterocycles. The van der Waals surface area contributed by atoms with E-state index in [0.29, 0.717) is 5.25 Å². The van der Waals surface area contributed by atoms with Crippen molar-refractivity contribution < 1.29 is 19.4 Å². The summed E-state index contributed by atoms with van der Waals surface area (Å²) in [6.07, 6.45) is 4.58. The fraction of sp³-hybridized carbons (Fsp3) is 0.692. The number of carboxylic acid groups (broad SMARTS) is 1. The van der Waals surface area contributed by atoms with Crippen molar-refractivity contribution in [2.75, 3.05) is 0 Å². The van der Waals surface area contributed by atoms with Gasteiger partial charge in [0.15, 0.2) is 5.41 Å². The summed E-state index contributed by atoms with van der Waals surface area (Å²) in [4.78, 5) is 23.1. The Morgan fingerprint density at radius 1 is 1.50 bits per heavy atom. The summed E-state index contributed by atoms with van der Waals surface area (Å²) in [5, 5.41) is 9.78. The molecule has 0 radical (unpaired) electrons. The van der Waals surface area contributed by atoms with E-state index < -0.39 is 23.0 Å². The Balaban J connectivity index is 2.15. The fourth-order valence-electron chi connectivity index (χ4n) is 2.45. The normalized spacial score (nSPS) is 34.3. The van der Waals surface area contributed by atoms with Crippen molar-refractivity contribution in [1.29, 1.82) is 0 Å². The van der Waals surface area contributed by atoms with Gasteiger partial charge in [0, 0.05) is 16.9 Å². The van der Waals surface area contributed by atoms with Crippen LogP contribution in [0.4, 0.5) is 0 Å². The molecule has 2 fully saturated rings. The van der Waals surface area contributed by atoms with Gasteiger partial charge in [0.25, 0.3) is 0 Å². The van der Waals surface area contributed by atoms with E-state index in [1.165, 1.54) is 13.8 Å². The molecule has 2 aliphatic heterocycles. The van der Waals surface area contributed by atoms with Gasteiger partial charge in [-0.25, -0.2) is 0 Å². The molecular weight excluding hydrogens is 252 g/mol. The van der Waals surface area contributed by atoms with Crippen molar-refractivity contribution in [2.45, 2.75) is 49.2 Å². The first-order chi connectivity index (χ1) is 8.32. The minimum atomic E-state index is -1.51. The van der Waals surface area contributed by atoms with Crippen LogP contribution >= 0.6 is 11.8 Å². The summed E-state index contributed by atoms with van der Waals surface area (Å²) in [7, 11) is 0. The monoisotopic (exact) mass is 270 g/mol. The molecule has 1 N–H and O–H groups in total. The third-order valence-electron chi connectivity index (χ3n) is 3.87. The minimum absolute atomic E-state index is 0.230. The fourth-order valence-corrected chi connectivity index (χ4v) is 4.29. The predicted octanol–water partition coefficient (Wildman–Crippen LogP) is 2.23. The highest BCUT2D eigenvalue weighted by atomic mass is 32.2. The lowest BCUT2D eigenvalue weighted by Crippen LogP contribution is -2.46. The number of thioether (sulfide) groups is 1. The summed E-state index contributed by atoms with van der Waals surface area (Å²) >= 11 is 1.83. The van der Waals surface area contributed by atoms with Gasteiger partial charge in [-0.05, 0) is 32.8 Å². The molecule has 2 heterocycles. The maximum Gasteiger partial charge on any atom is 0.323 e. The third kappa shape index (κ3) is 1.94. The zero-order chi connectivity index (χ0) is 13.6. The van der Waals surface area contributed by atoms with E-state index in [1.807, 2.05) is 11.8 Å². The van der Waals surface area contributed by atoms with Gasteiger partial charge in [-0.2, -0.15) is 11.8 Å². The Kier molecular flexibility index (Phi) is 3.21. The van der Waals surface area contributed by atoms with Gasteiger partial charge in [-0.3, -0.25) is 9.59 Å². The van der Waals surface area contributed by atoms with Crippen LogP contribution in [0.15, 0.2) is 12.7 Å². The van der Waals surface area contributed by atoms with Gasteiger partial charge < -0.3 is 9.84 Å². The lowest BCUT2D eigenvalue weighted by Gasteiger charge is -2.35. The van der Waals surface area contributed by atoms with E-state index in [2.05, 4.69) is 6.58 Å². The van der Waals surface area contributed by atoms with Crippen LogP contribution in [0.1, 0.15) is 33.1 Å². The maximum atomic E-state index is 12.0. The Labute approximate surface area is 111 Å². The molecule has 100 valence electrons. The molecular formula is C13H18O4S. The molecule has 0 saturated carbocycles. The minimum Gasteiger partial charge on any atom is -0.480 e. The van der Waals surface area contributed by atoms with Crippen LogP contribution in [-0.4, -0.2) is 33.1 Å². The molecule has 18 heavy (non-hydrogen) atoms. The van der Waals surface area contributed by atoms with Crippen LogP contribution in [0.25, 0.3) is 0 Å². The third-order valence-corrected chi connectivity index (χ3v) is 5.62. The van der Waals surface area contributed by atoms with E-state index in [1.54, 1.807) is 6.08 Å². The zero-order valence-corrected chi connectivity index (χ0v) is 11.5. The van der Waals surface area contributed by atoms with Crippen LogP contribution in [0.3, 0.4) is 0 Å². The average molecular weight is 270 g/mol. The van der Waals surface area contributed by atoms with Crippen molar-refractivity contribution >= 4 is 23.7 Å². The van der Waals surface area contributed by atoms with Gasteiger partial charge >= 0.3 is 11.9 Å². The van der Waals surface area contributed by atoms with E-state index >= 15 is 0 Å². The Bertz CT molecular complexity index is 404. The van der Waals surface area contributed by atoms with E-state index in [9.17, 15) is 9.59 Å². The highest BCUT2D eigenvalue weighted by Gasteiger charge is 2.54. The number of fused-ring (bicyclic) bond motifs is 2. The SMILES string of the molecule is C=CC1(OC(=O)C(C)(C)C(=O)O)CC2CCC1S2. The van der Waals surface area contributed by atoms with Crippen molar-refractivity contribution in [1.82, 2.24) is 0 Å². The lowest BCUT2D eigenvalue weighted by molar-refractivity contribution is -0.175. The van der Waals surface area contributed by atoms with Gasteiger partial charge in [0.2, 0.25) is 0 Å². The Morgan fingerprint density at radius 2 is 2.17 bits per heavy atom. The predicted molar refractivity (Wildman–Crippen MR) is 69.5 cm³/mol. The second kappa shape index (κ2) is 4.30. The number of carbonyl (C=O) groups excluding carboxylic acids is 1. The molecule has 2 rings (SSSR count). The number of aliphatic carboxylic acids is 1. The van der Waals surface area contributed by atoms with E-state index in [0.717, 1.165) is 19.3 Å². The molecule has 0 aromatic heterocycles. The first-order valence-corrected chi connectivity index (χ1v) is 7.02. The number of esters is 1. The summed E-state index contributed by atoms with van der Waals surface area (Å²) in [6.45, 7) is 6.52. The molecule has 0 spiro atoms. The maximum absolute atomic E-state index is 12.0. The second-order valence-corrected chi connectivity index (χ2v) is 7.01. The summed E-state index contributed by atoms with van der Waals surface area (Å²) in [5.74, 6) is -1.84. The number of hydrogen-bond acceptors (Lipinski definition) is 4. The van der Waals surface area contributed by atoms with Crippen molar-refractivity contribution in [2.24, 2.45) is 5.41 Å². The molecule has 0 amide bonds. The van der Waals surface area contributed by atoms with Crippen molar-refractivity contribution in [3.8, 4) is 0 Å². The zero-order valence-electron chi connectivity index (χ0n) is 10.6. The number of rotatable bonds is 4. The number of carboxylic acids is 1. The van der Waals surface area contributed by atoms with Crippen molar-refractivity contribution in [3.05, 3.63) is 12.7 Å². The molecule has 3 unspecified atom stereocenters. The summed E-state index contributed by atoms with van der Waals surface area (Å²) in [5.41, 5.74) is -2.18. The largest absolute Gasteiger partial charge is 0.480 e. The van der Waals surface area contributed by atoms with E-state index in [4.69, 9.17) is 9.84 Å². The van der Waals surface area contributed by atoms with Gasteiger partial charge in [0.1, 0.15) is 5.60 Å². The molecule has 0 aromatic rings. The quantitative estimate of drug-likeness (QED) is 0.482. The first kappa shape index (κ1) is 13.5. The molecule has 4 nitrogen and oxygen atoms in total. The Hall–Kier alpha value is -0.970. The molecule has 3 atom stereocenters. The lowest BCUT2D eigenvalue weighted by atomic mass is 9.84. The standard InChI is InChI=1S/C13H18O4S/c1-4-13(7-8-5-6-9(13)18-8)17-11(16)12(2,3)10(14)15/h4,8-9H,1,5-7H2,2-3H3,(H,14,15). The van der Waals surface area contributed by atoms with Crippen LogP contribution in [0.5, 0.6) is 0 Å². The summed E-state index contributed by atoms with van der Waals surface area (Å²) < 4.78 is 5.55. The van der Waals surface area contributed by atoms with Crippen LogP contribution < -0.4 is 0 Å². The van der Waals surface area contributed by atoms with Gasteiger partial charge in [-0.1, -0.05) is 6.58 Å². The number of carbonyl (C=O) groups is 2. The topological polar surface area (TPSA) is 63.6 Å². The highest BCUT2D eigenvalue weighted by molar-refractivity contribution is 8.01. The molecule has 0 aromatic carbocycles. The van der Waals surface area contributed by atoms with Crippen LogP contribution in [0, 0.1) is 5.41 Å².